The van der Waals surface area contributed by atoms with Crippen LogP contribution < -0.4 is 4.90 Å². The van der Waals surface area contributed by atoms with E-state index in [-0.39, 0.29) is 28.9 Å². The number of nitrogens with zero attached hydrogens (tertiary/aromatic N) is 3. The summed E-state index contributed by atoms with van der Waals surface area (Å²) in [6.07, 6.45) is 3.18. The minimum absolute atomic E-state index is 0.00214. The van der Waals surface area contributed by atoms with Crippen molar-refractivity contribution in [3.63, 3.8) is 0 Å². The number of carbonyl (C=O) groups is 3. The summed E-state index contributed by atoms with van der Waals surface area (Å²) >= 11 is 0. The molecular formula is C29H35N3O6. The highest BCUT2D eigenvalue weighted by molar-refractivity contribution is 6.13. The lowest BCUT2D eigenvalue weighted by atomic mass is 10.0. The molecule has 0 fully saturated rings. The predicted molar refractivity (Wildman–Crippen MR) is 146 cm³/mol. The van der Waals surface area contributed by atoms with Crippen LogP contribution >= 0.6 is 0 Å². The highest BCUT2D eigenvalue weighted by Gasteiger charge is 2.37. The number of pyridine rings is 1. The summed E-state index contributed by atoms with van der Waals surface area (Å²) in [6, 6.07) is 9.50. The van der Waals surface area contributed by atoms with Crippen molar-refractivity contribution in [2.24, 2.45) is 0 Å². The van der Waals surface area contributed by atoms with Crippen LogP contribution in [0.4, 0.5) is 15.3 Å². The zero-order chi connectivity index (χ0) is 28.4. The van der Waals surface area contributed by atoms with E-state index in [1.54, 1.807) is 65.9 Å². The van der Waals surface area contributed by atoms with E-state index in [0.717, 1.165) is 10.5 Å². The van der Waals surface area contributed by atoms with Gasteiger partial charge in [0.25, 0.3) is 0 Å². The number of carboxylic acid groups (broad SMARTS) is 1. The molecule has 38 heavy (non-hydrogen) atoms. The number of imide groups is 1. The summed E-state index contributed by atoms with van der Waals surface area (Å²) in [5.41, 5.74) is 0.708. The molecule has 0 radical (unpaired) electrons. The van der Waals surface area contributed by atoms with Gasteiger partial charge in [-0.25, -0.2) is 19.4 Å². The van der Waals surface area contributed by atoms with Crippen molar-refractivity contribution in [1.29, 1.82) is 0 Å². The van der Waals surface area contributed by atoms with Crippen molar-refractivity contribution < 1.29 is 29.0 Å². The Balaban J connectivity index is 2.34. The van der Waals surface area contributed by atoms with Gasteiger partial charge in [0.2, 0.25) is 0 Å². The first kappa shape index (κ1) is 28.4. The standard InChI is InChI=1S/C29H35N3O6/c1-18-19(2)31-17-22(25(33)34)21(16-12-15-20-13-10-9-11-14-20)23(24(31)30-18)32(26(35)37-28(3,4)5)27(36)38-29(6,7)8/h9-15,17H,16H2,1-8H3,(H,33,34)/b15-12+. The van der Waals surface area contributed by atoms with Gasteiger partial charge in [-0.05, 0) is 67.4 Å². The van der Waals surface area contributed by atoms with Crippen LogP contribution in [0.1, 0.15) is 74.4 Å². The molecule has 3 aromatic rings. The Kier molecular flexibility index (Phi) is 8.00. The van der Waals surface area contributed by atoms with E-state index in [9.17, 15) is 19.5 Å². The first-order valence-electron chi connectivity index (χ1n) is 12.3. The molecule has 9 heteroatoms. The monoisotopic (exact) mass is 521 g/mol. The number of aromatic nitrogens is 2. The number of fused-ring (bicyclic) bond motifs is 1. The first-order chi connectivity index (χ1) is 17.6. The maximum absolute atomic E-state index is 13.6. The number of anilines is 1. The molecule has 2 heterocycles. The number of hydrogen-bond donors (Lipinski definition) is 1. The molecular weight excluding hydrogens is 486 g/mol. The minimum Gasteiger partial charge on any atom is -0.478 e. The number of carboxylic acids is 1. The van der Waals surface area contributed by atoms with Crippen LogP contribution in [-0.4, -0.2) is 43.8 Å². The Hall–Kier alpha value is -4.14. The third-order valence-corrected chi connectivity index (χ3v) is 5.51. The molecule has 0 bridgehead atoms. The highest BCUT2D eigenvalue weighted by Crippen LogP contribution is 2.34. The Bertz CT molecular complexity index is 1360. The molecule has 202 valence electrons. The normalized spacial score (nSPS) is 12.1. The van der Waals surface area contributed by atoms with Crippen molar-refractivity contribution in [2.45, 2.75) is 73.0 Å². The van der Waals surface area contributed by atoms with Gasteiger partial charge in [-0.1, -0.05) is 42.5 Å². The number of ether oxygens (including phenoxy) is 2. The largest absolute Gasteiger partial charge is 0.478 e. The molecule has 0 spiro atoms. The van der Waals surface area contributed by atoms with Crippen molar-refractivity contribution in [3.05, 3.63) is 70.7 Å². The Morgan fingerprint density at radius 1 is 0.974 bits per heavy atom. The van der Waals surface area contributed by atoms with Crippen molar-refractivity contribution in [2.75, 3.05) is 4.90 Å². The van der Waals surface area contributed by atoms with Gasteiger partial charge in [0.05, 0.1) is 11.3 Å². The van der Waals surface area contributed by atoms with Crippen LogP contribution in [0.3, 0.4) is 0 Å². The summed E-state index contributed by atoms with van der Waals surface area (Å²) in [6.45, 7) is 13.6. The third-order valence-electron chi connectivity index (χ3n) is 5.51. The van der Waals surface area contributed by atoms with Gasteiger partial charge in [0.15, 0.2) is 5.65 Å². The molecule has 0 aliphatic rings. The summed E-state index contributed by atoms with van der Waals surface area (Å²) < 4.78 is 12.7. The number of amides is 2. The number of benzene rings is 1. The maximum atomic E-state index is 13.6. The number of rotatable bonds is 5. The van der Waals surface area contributed by atoms with Gasteiger partial charge in [-0.2, -0.15) is 4.90 Å². The average molecular weight is 522 g/mol. The highest BCUT2D eigenvalue weighted by atomic mass is 16.6. The number of allylic oxidation sites excluding steroid dienone is 1. The lowest BCUT2D eigenvalue weighted by Gasteiger charge is -2.30. The van der Waals surface area contributed by atoms with Gasteiger partial charge in [-0.15, -0.1) is 0 Å². The zero-order valence-corrected chi connectivity index (χ0v) is 23.2. The Morgan fingerprint density at radius 2 is 1.53 bits per heavy atom. The van der Waals surface area contributed by atoms with E-state index < -0.39 is 29.4 Å². The SMILES string of the molecule is Cc1nc2c(N(C(=O)OC(C)(C)C)C(=O)OC(C)(C)C)c(C/C=C/c3ccccc3)c(C(=O)O)cn2c1C. The fourth-order valence-electron chi connectivity index (χ4n) is 3.80. The van der Waals surface area contributed by atoms with Crippen LogP contribution in [0.15, 0.2) is 42.6 Å². The topological polar surface area (TPSA) is 110 Å². The lowest BCUT2D eigenvalue weighted by Crippen LogP contribution is -2.44. The van der Waals surface area contributed by atoms with Gasteiger partial charge < -0.3 is 19.0 Å². The van der Waals surface area contributed by atoms with E-state index in [2.05, 4.69) is 4.98 Å². The molecule has 0 aliphatic carbocycles. The number of hydrogen-bond acceptors (Lipinski definition) is 6. The van der Waals surface area contributed by atoms with E-state index in [0.29, 0.717) is 11.4 Å². The summed E-state index contributed by atoms with van der Waals surface area (Å²) in [7, 11) is 0. The van der Waals surface area contributed by atoms with E-state index in [1.165, 1.54) is 6.20 Å². The smallest absolute Gasteiger partial charge is 0.424 e. The van der Waals surface area contributed by atoms with Gasteiger partial charge in [0, 0.05) is 17.5 Å². The maximum Gasteiger partial charge on any atom is 0.424 e. The first-order valence-corrected chi connectivity index (χ1v) is 12.3. The number of imidazole rings is 1. The molecule has 0 aliphatic heterocycles. The predicted octanol–water partition coefficient (Wildman–Crippen LogP) is 6.58. The molecule has 0 unspecified atom stereocenters. The lowest BCUT2D eigenvalue weighted by molar-refractivity contribution is 0.0429. The van der Waals surface area contributed by atoms with Crippen molar-refractivity contribution in [1.82, 2.24) is 9.38 Å². The molecule has 0 atom stereocenters. The quantitative estimate of drug-likeness (QED) is 0.404. The molecule has 1 N–H and O–H groups in total. The van der Waals surface area contributed by atoms with E-state index >= 15 is 0 Å². The minimum atomic E-state index is -1.21. The van der Waals surface area contributed by atoms with E-state index in [4.69, 9.17) is 9.47 Å². The van der Waals surface area contributed by atoms with Crippen LogP contribution in [0.2, 0.25) is 0 Å². The summed E-state index contributed by atoms with van der Waals surface area (Å²) in [5.74, 6) is -1.21. The van der Waals surface area contributed by atoms with Crippen LogP contribution in [0.5, 0.6) is 0 Å². The number of carbonyl (C=O) groups excluding carboxylic acids is 2. The van der Waals surface area contributed by atoms with Gasteiger partial charge in [-0.3, -0.25) is 0 Å². The fraction of sp³-hybridized carbons (Fsp3) is 0.379. The molecule has 2 amide bonds. The molecule has 1 aromatic carbocycles. The third kappa shape index (κ3) is 6.59. The second kappa shape index (κ2) is 10.7. The molecule has 0 saturated heterocycles. The number of aromatic carboxylic acids is 1. The molecule has 9 nitrogen and oxygen atoms in total. The van der Waals surface area contributed by atoms with Crippen LogP contribution in [0, 0.1) is 13.8 Å². The second-order valence-electron chi connectivity index (χ2n) is 11.0. The average Bonchev–Trinajstić information content (AvgIpc) is 3.06. The molecule has 0 saturated carbocycles. The molecule has 3 rings (SSSR count). The fourth-order valence-corrected chi connectivity index (χ4v) is 3.80. The Labute approximate surface area is 222 Å². The van der Waals surface area contributed by atoms with Crippen LogP contribution in [0.25, 0.3) is 11.7 Å². The van der Waals surface area contributed by atoms with Gasteiger partial charge in [0.1, 0.15) is 16.9 Å². The summed E-state index contributed by atoms with van der Waals surface area (Å²) in [5, 5.41) is 10.2. The molecule has 2 aromatic heterocycles. The zero-order valence-electron chi connectivity index (χ0n) is 23.2. The van der Waals surface area contributed by atoms with Crippen molar-refractivity contribution in [3.8, 4) is 0 Å². The Morgan fingerprint density at radius 3 is 2.03 bits per heavy atom. The second-order valence-corrected chi connectivity index (χ2v) is 11.0. The van der Waals surface area contributed by atoms with Crippen molar-refractivity contribution >= 4 is 35.6 Å². The van der Waals surface area contributed by atoms with Crippen LogP contribution in [-0.2, 0) is 15.9 Å². The number of aryl methyl sites for hydroxylation is 2. The van der Waals surface area contributed by atoms with Gasteiger partial charge >= 0.3 is 18.2 Å². The van der Waals surface area contributed by atoms with E-state index in [1.807, 2.05) is 36.4 Å². The summed E-state index contributed by atoms with van der Waals surface area (Å²) in [4.78, 5) is 44.9.